The molecule has 0 aliphatic heterocycles. The van der Waals surface area contributed by atoms with Gasteiger partial charge in [-0.15, -0.1) is 0 Å². The summed E-state index contributed by atoms with van der Waals surface area (Å²) in [5, 5.41) is 14.0. The van der Waals surface area contributed by atoms with Gasteiger partial charge < -0.3 is 28.8 Å². The zero-order valence-corrected chi connectivity index (χ0v) is 64.8. The van der Waals surface area contributed by atoms with E-state index in [0.29, 0.717) is 17.4 Å². The number of phosphoric acid groups is 1. The molecule has 0 heterocycles. The summed E-state index contributed by atoms with van der Waals surface area (Å²) in [4.78, 5) is 25.7. The van der Waals surface area contributed by atoms with Gasteiger partial charge in [-0.2, -0.15) is 0 Å². The van der Waals surface area contributed by atoms with Crippen molar-refractivity contribution in [3.05, 3.63) is 85.1 Å². The number of carbonyl (C=O) groups excluding carboxylic acids is 1. The van der Waals surface area contributed by atoms with Crippen LogP contribution in [0, 0.1) is 0 Å². The molecule has 0 aromatic heterocycles. The van der Waals surface area contributed by atoms with E-state index >= 15 is 0 Å². The minimum atomic E-state index is -4.61. The third-order valence-electron chi connectivity index (χ3n) is 18.9. The van der Waals surface area contributed by atoms with Gasteiger partial charge in [0.1, 0.15) is 13.2 Å². The highest BCUT2D eigenvalue weighted by atomic mass is 31.2. The SMILES string of the molecule is CC/C=C\C/C=C\C/C=C\C/C=C\C/C=C\C/C=C\CCCCCCCCCCCCCCCCCCCCCCCCC(=O)NC(COP(=O)([O-])OCC[N+](C)(C)C)C(O)/C=C/CCCCCCCCCCCCCCCCCCCCCCCCCCCCCCCC. The minimum Gasteiger partial charge on any atom is -0.756 e. The number of allylic oxidation sites excluding steroid dienone is 13. The van der Waals surface area contributed by atoms with Crippen LogP contribution in [0.1, 0.15) is 406 Å². The molecule has 0 rings (SSSR count). The normalized spacial score (nSPS) is 13.9. The van der Waals surface area contributed by atoms with E-state index in [2.05, 4.69) is 92.1 Å². The molecule has 0 saturated carbocycles. The number of carbonyl (C=O) groups is 1. The summed E-state index contributed by atoms with van der Waals surface area (Å²) in [5.41, 5.74) is 0. The summed E-state index contributed by atoms with van der Waals surface area (Å²) in [6.07, 6.45) is 109. The van der Waals surface area contributed by atoms with Gasteiger partial charge in [-0.3, -0.25) is 9.36 Å². The van der Waals surface area contributed by atoms with Crippen LogP contribution in [0.25, 0.3) is 0 Å². The first-order chi connectivity index (χ1) is 46.5. The molecule has 3 unspecified atom stereocenters. The average molecular weight is 1350 g/mol. The van der Waals surface area contributed by atoms with Crippen molar-refractivity contribution in [2.45, 2.75) is 418 Å². The van der Waals surface area contributed by atoms with E-state index in [9.17, 15) is 19.4 Å². The van der Waals surface area contributed by atoms with Crippen LogP contribution in [0.5, 0.6) is 0 Å². The molecule has 95 heavy (non-hydrogen) atoms. The van der Waals surface area contributed by atoms with Crippen LogP contribution >= 0.6 is 7.82 Å². The molecule has 0 aliphatic rings. The monoisotopic (exact) mass is 1350 g/mol. The predicted molar refractivity (Wildman–Crippen MR) is 417 cm³/mol. The molecule has 0 bridgehead atoms. The maximum Gasteiger partial charge on any atom is 0.268 e. The Hall–Kier alpha value is -2.32. The van der Waals surface area contributed by atoms with Gasteiger partial charge in [0, 0.05) is 6.42 Å². The van der Waals surface area contributed by atoms with E-state index < -0.39 is 20.0 Å². The van der Waals surface area contributed by atoms with Crippen molar-refractivity contribution in [2.24, 2.45) is 0 Å². The number of hydrogen-bond donors (Lipinski definition) is 2. The molecule has 556 valence electrons. The van der Waals surface area contributed by atoms with Crippen LogP contribution in [-0.4, -0.2) is 68.5 Å². The fourth-order valence-electron chi connectivity index (χ4n) is 12.5. The maximum atomic E-state index is 13.1. The van der Waals surface area contributed by atoms with Crippen molar-refractivity contribution in [2.75, 3.05) is 40.9 Å². The number of quaternary nitrogens is 1. The van der Waals surface area contributed by atoms with E-state index in [4.69, 9.17) is 9.05 Å². The van der Waals surface area contributed by atoms with Crippen molar-refractivity contribution in [1.29, 1.82) is 0 Å². The quantitative estimate of drug-likeness (QED) is 0.0272. The van der Waals surface area contributed by atoms with Crippen molar-refractivity contribution >= 4 is 13.7 Å². The number of aliphatic hydroxyl groups excluding tert-OH is 1. The molecule has 2 N–H and O–H groups in total. The van der Waals surface area contributed by atoms with Gasteiger partial charge in [0.25, 0.3) is 7.82 Å². The molecule has 0 fully saturated rings. The third-order valence-corrected chi connectivity index (χ3v) is 19.8. The fourth-order valence-corrected chi connectivity index (χ4v) is 13.2. The van der Waals surface area contributed by atoms with E-state index in [1.165, 1.54) is 308 Å². The Morgan fingerprint density at radius 1 is 0.379 bits per heavy atom. The lowest BCUT2D eigenvalue weighted by Crippen LogP contribution is -2.45. The molecule has 8 nitrogen and oxygen atoms in total. The molecule has 0 radical (unpaired) electrons. The Balaban J connectivity index is 3.94. The van der Waals surface area contributed by atoms with Gasteiger partial charge in [0.15, 0.2) is 0 Å². The second-order valence-corrected chi connectivity index (χ2v) is 30.9. The number of aliphatic hydroxyl groups is 1. The number of amides is 1. The number of nitrogens with one attached hydrogen (secondary N) is 1. The average Bonchev–Trinajstić information content (AvgIpc) is 2.01. The molecule has 0 aromatic rings. The number of hydrogen-bond acceptors (Lipinski definition) is 6. The number of nitrogens with zero attached hydrogens (tertiary/aromatic N) is 1. The van der Waals surface area contributed by atoms with Crippen molar-refractivity contribution in [3.63, 3.8) is 0 Å². The largest absolute Gasteiger partial charge is 0.756 e. The summed E-state index contributed by atoms with van der Waals surface area (Å²) in [7, 11) is 1.28. The number of likely N-dealkylation sites (N-methyl/N-ethyl adjacent to an activating group) is 1. The molecule has 0 saturated heterocycles. The highest BCUT2D eigenvalue weighted by molar-refractivity contribution is 7.45. The lowest BCUT2D eigenvalue weighted by atomic mass is 10.0. The summed E-state index contributed by atoms with van der Waals surface area (Å²) in [5.74, 6) is -0.190. The van der Waals surface area contributed by atoms with E-state index in [-0.39, 0.29) is 19.1 Å². The highest BCUT2D eigenvalue weighted by Crippen LogP contribution is 2.38. The molecular weight excluding hydrogens is 1190 g/mol. The zero-order chi connectivity index (χ0) is 69.0. The van der Waals surface area contributed by atoms with Gasteiger partial charge in [-0.1, -0.05) is 414 Å². The second kappa shape index (κ2) is 75.9. The van der Waals surface area contributed by atoms with Gasteiger partial charge in [0.05, 0.1) is 39.9 Å². The first-order valence-electron chi connectivity index (χ1n) is 41.4. The zero-order valence-electron chi connectivity index (χ0n) is 63.9. The van der Waals surface area contributed by atoms with Crippen LogP contribution in [0.2, 0.25) is 0 Å². The molecule has 1 amide bonds. The van der Waals surface area contributed by atoms with Crippen LogP contribution in [0.4, 0.5) is 0 Å². The van der Waals surface area contributed by atoms with Gasteiger partial charge >= 0.3 is 0 Å². The smallest absolute Gasteiger partial charge is 0.268 e. The molecule has 0 aromatic carbocycles. The van der Waals surface area contributed by atoms with Crippen molar-refractivity contribution in [1.82, 2.24) is 5.32 Å². The lowest BCUT2D eigenvalue weighted by molar-refractivity contribution is -0.870. The van der Waals surface area contributed by atoms with Crippen LogP contribution in [0.15, 0.2) is 85.1 Å². The Labute approximate surface area is 592 Å². The molecule has 3 atom stereocenters. The van der Waals surface area contributed by atoms with Crippen LogP contribution < -0.4 is 10.2 Å². The fraction of sp³-hybridized carbons (Fsp3) is 0.826. The predicted octanol–water partition coefficient (Wildman–Crippen LogP) is 26.8. The second-order valence-electron chi connectivity index (χ2n) is 29.5. The first-order valence-corrected chi connectivity index (χ1v) is 42.9. The van der Waals surface area contributed by atoms with Crippen LogP contribution in [0.3, 0.4) is 0 Å². The Morgan fingerprint density at radius 3 is 0.937 bits per heavy atom. The standard InChI is InChI=1S/C86H161N2O6P/c1-6-8-10-12-14-16-18-20-22-24-26-28-30-32-34-36-38-40-41-42-43-44-45-46-47-48-50-52-54-56-58-60-62-64-66-68-70-72-74-76-78-80-86(90)87-84(83-94-95(91,92)93-82-81-88(3,4)5)85(89)79-77-75-73-71-69-67-65-63-61-59-57-55-53-51-49-39-37-35-33-31-29-27-25-23-21-19-17-15-13-11-9-7-2/h8,10,14,16,20,22,26,28,32,34,38,40,77,79,84-85,89H,6-7,9,11-13,15,17-19,21,23-25,27,29-31,33,35-37,39,41-76,78,80-83H2,1-5H3,(H-,87,90,91,92)/b10-8-,16-14-,22-20-,28-26-,34-32-,40-38-,79-77+. The van der Waals surface area contributed by atoms with Crippen LogP contribution in [-0.2, 0) is 18.4 Å². The van der Waals surface area contributed by atoms with Crippen molar-refractivity contribution < 1.29 is 32.9 Å². The van der Waals surface area contributed by atoms with Gasteiger partial charge in [-0.25, -0.2) is 0 Å². The first kappa shape index (κ1) is 92.7. The Morgan fingerprint density at radius 2 is 0.642 bits per heavy atom. The summed E-state index contributed by atoms with van der Waals surface area (Å²) in [6, 6.07) is -0.890. The van der Waals surface area contributed by atoms with Gasteiger partial charge in [0.2, 0.25) is 5.91 Å². The number of rotatable bonds is 77. The van der Waals surface area contributed by atoms with E-state index in [0.717, 1.165) is 77.0 Å². The number of phosphoric ester groups is 1. The lowest BCUT2D eigenvalue weighted by Gasteiger charge is -2.29. The topological polar surface area (TPSA) is 108 Å². The minimum absolute atomic E-state index is 0.000506. The molecule has 0 aliphatic carbocycles. The van der Waals surface area contributed by atoms with E-state index in [1.807, 2.05) is 27.2 Å². The third kappa shape index (κ3) is 78.9. The summed E-state index contributed by atoms with van der Waals surface area (Å²) >= 11 is 0. The molecule has 9 heteroatoms. The summed E-state index contributed by atoms with van der Waals surface area (Å²) < 4.78 is 23.5. The number of unbranched alkanes of at least 4 members (excludes halogenated alkanes) is 52. The molecule has 0 spiro atoms. The molecular formula is C86H161N2O6P. The summed E-state index contributed by atoms with van der Waals surface area (Å²) in [6.45, 7) is 4.59. The highest BCUT2D eigenvalue weighted by Gasteiger charge is 2.23. The maximum absolute atomic E-state index is 13.1. The van der Waals surface area contributed by atoms with Gasteiger partial charge in [-0.05, 0) is 70.6 Å². The van der Waals surface area contributed by atoms with Crippen molar-refractivity contribution in [3.8, 4) is 0 Å². The Bertz CT molecular complexity index is 1830. The Kier molecular flexibility index (Phi) is 74.0. The van der Waals surface area contributed by atoms with E-state index in [1.54, 1.807) is 6.08 Å².